The molecule has 3 heterocycles. The van der Waals surface area contributed by atoms with Gasteiger partial charge < -0.3 is 9.80 Å². The lowest BCUT2D eigenvalue weighted by molar-refractivity contribution is 0.0704. The van der Waals surface area contributed by atoms with Crippen LogP contribution in [0.15, 0.2) is 36.8 Å². The number of benzene rings is 1. The third-order valence-electron chi connectivity index (χ3n) is 6.32. The van der Waals surface area contributed by atoms with Crippen molar-refractivity contribution in [2.75, 3.05) is 24.5 Å². The minimum Gasteiger partial charge on any atom is -0.339 e. The first-order chi connectivity index (χ1) is 15.1. The Morgan fingerprint density at radius 1 is 1.10 bits per heavy atom. The van der Waals surface area contributed by atoms with Gasteiger partial charge >= 0.3 is 0 Å². The van der Waals surface area contributed by atoms with Gasteiger partial charge in [0, 0.05) is 37.6 Å². The van der Waals surface area contributed by atoms with Crippen LogP contribution in [-0.4, -0.2) is 61.4 Å². The van der Waals surface area contributed by atoms with Crippen molar-refractivity contribution >= 4 is 11.9 Å². The Morgan fingerprint density at radius 3 is 2.77 bits per heavy atom. The van der Waals surface area contributed by atoms with Crippen LogP contribution in [0.1, 0.15) is 46.9 Å². The van der Waals surface area contributed by atoms with E-state index in [1.165, 1.54) is 16.1 Å². The highest BCUT2D eigenvalue weighted by atomic mass is 16.2. The molecule has 1 amide bonds. The Balaban J connectivity index is 1.39. The average Bonchev–Trinajstić information content (AvgIpc) is 3.43. The van der Waals surface area contributed by atoms with Crippen LogP contribution in [0.25, 0.3) is 5.69 Å². The number of carbonyl (C=O) groups excluding carboxylic acids is 1. The van der Waals surface area contributed by atoms with Crippen LogP contribution < -0.4 is 4.90 Å². The van der Waals surface area contributed by atoms with Gasteiger partial charge in [-0.25, -0.2) is 9.97 Å². The monoisotopic (exact) mass is 417 g/mol. The number of fused-ring (bicyclic) bond motifs is 1. The average molecular weight is 418 g/mol. The van der Waals surface area contributed by atoms with E-state index in [1.807, 2.05) is 36.2 Å². The molecule has 1 fully saturated rings. The Morgan fingerprint density at radius 2 is 1.94 bits per heavy atom. The molecule has 0 N–H and O–H groups in total. The summed E-state index contributed by atoms with van der Waals surface area (Å²) in [6.07, 6.45) is 9.38. The Labute approximate surface area is 181 Å². The zero-order valence-corrected chi connectivity index (χ0v) is 18.0. The lowest BCUT2D eigenvalue weighted by atomic mass is 10.1. The van der Waals surface area contributed by atoms with E-state index in [4.69, 9.17) is 4.98 Å². The molecule has 2 aliphatic rings. The Hall–Kier alpha value is -3.29. The Kier molecular flexibility index (Phi) is 5.13. The van der Waals surface area contributed by atoms with Crippen molar-refractivity contribution in [1.29, 1.82) is 0 Å². The van der Waals surface area contributed by atoms with Crippen LogP contribution in [0.5, 0.6) is 0 Å². The van der Waals surface area contributed by atoms with Crippen molar-refractivity contribution in [3.8, 4) is 5.69 Å². The number of aryl methyl sites for hydroxylation is 3. The molecule has 1 atom stereocenters. The van der Waals surface area contributed by atoms with Crippen LogP contribution in [0.2, 0.25) is 0 Å². The molecule has 1 aromatic carbocycles. The van der Waals surface area contributed by atoms with Crippen molar-refractivity contribution < 1.29 is 4.79 Å². The van der Waals surface area contributed by atoms with Gasteiger partial charge in [0.2, 0.25) is 5.95 Å². The maximum absolute atomic E-state index is 13.6. The molecule has 8 nitrogen and oxygen atoms in total. The molecular weight excluding hydrogens is 390 g/mol. The summed E-state index contributed by atoms with van der Waals surface area (Å²) in [7, 11) is 0. The van der Waals surface area contributed by atoms with Gasteiger partial charge in [-0.2, -0.15) is 15.0 Å². The number of hydrogen-bond acceptors (Lipinski definition) is 6. The molecule has 1 aliphatic heterocycles. The lowest BCUT2D eigenvalue weighted by Crippen LogP contribution is -2.40. The summed E-state index contributed by atoms with van der Waals surface area (Å²) < 4.78 is 0. The molecule has 0 spiro atoms. The van der Waals surface area contributed by atoms with E-state index in [1.54, 1.807) is 12.4 Å². The zero-order valence-electron chi connectivity index (χ0n) is 18.0. The van der Waals surface area contributed by atoms with Gasteiger partial charge in [0.25, 0.3) is 5.91 Å². The van der Waals surface area contributed by atoms with Crippen molar-refractivity contribution in [3.05, 3.63) is 59.2 Å². The maximum atomic E-state index is 13.6. The van der Waals surface area contributed by atoms with Gasteiger partial charge in [-0.05, 0) is 57.2 Å². The SMILES string of the molecule is Cc1ccc(-n2nccn2)c(C(=O)N2CCN(c3ncc4c(n3)CCC4)CC[C@@H]2C)c1. The van der Waals surface area contributed by atoms with E-state index in [9.17, 15) is 4.79 Å². The van der Waals surface area contributed by atoms with E-state index in [-0.39, 0.29) is 11.9 Å². The third kappa shape index (κ3) is 3.78. The number of aromatic nitrogens is 5. The van der Waals surface area contributed by atoms with Crippen molar-refractivity contribution in [2.45, 2.75) is 45.6 Å². The molecule has 2 aromatic heterocycles. The molecule has 1 saturated heterocycles. The number of anilines is 1. The van der Waals surface area contributed by atoms with Crippen molar-refractivity contribution in [3.63, 3.8) is 0 Å². The van der Waals surface area contributed by atoms with Gasteiger partial charge in [0.15, 0.2) is 0 Å². The fourth-order valence-electron chi connectivity index (χ4n) is 4.51. The van der Waals surface area contributed by atoms with E-state index < -0.39 is 0 Å². The maximum Gasteiger partial charge on any atom is 0.256 e. The first kappa shape index (κ1) is 19.7. The fourth-order valence-corrected chi connectivity index (χ4v) is 4.51. The lowest BCUT2D eigenvalue weighted by Gasteiger charge is -2.27. The van der Waals surface area contributed by atoms with Crippen molar-refractivity contribution in [1.82, 2.24) is 29.9 Å². The highest BCUT2D eigenvalue weighted by molar-refractivity contribution is 5.98. The second-order valence-corrected chi connectivity index (χ2v) is 8.46. The van der Waals surface area contributed by atoms with Gasteiger partial charge in [0.05, 0.1) is 23.6 Å². The molecule has 0 radical (unpaired) electrons. The van der Waals surface area contributed by atoms with E-state index >= 15 is 0 Å². The van der Waals surface area contributed by atoms with Gasteiger partial charge in [-0.1, -0.05) is 11.6 Å². The van der Waals surface area contributed by atoms with Crippen LogP contribution in [0, 0.1) is 6.92 Å². The fraction of sp³-hybridized carbons (Fsp3) is 0.435. The summed E-state index contributed by atoms with van der Waals surface area (Å²) >= 11 is 0. The first-order valence-electron chi connectivity index (χ1n) is 11.0. The van der Waals surface area contributed by atoms with Crippen molar-refractivity contribution in [2.24, 2.45) is 0 Å². The molecule has 5 rings (SSSR count). The predicted molar refractivity (Wildman–Crippen MR) is 117 cm³/mol. The number of carbonyl (C=O) groups is 1. The van der Waals surface area contributed by atoms with Crippen LogP contribution >= 0.6 is 0 Å². The summed E-state index contributed by atoms with van der Waals surface area (Å²) in [6.45, 7) is 6.30. The Bertz CT molecular complexity index is 1100. The minimum absolute atomic E-state index is 0.0141. The minimum atomic E-state index is 0.0141. The largest absolute Gasteiger partial charge is 0.339 e. The highest BCUT2D eigenvalue weighted by Crippen LogP contribution is 2.24. The molecule has 1 aliphatic carbocycles. The summed E-state index contributed by atoms with van der Waals surface area (Å²) in [5, 5.41) is 8.46. The van der Waals surface area contributed by atoms with Gasteiger partial charge in [-0.15, -0.1) is 0 Å². The molecule has 0 unspecified atom stereocenters. The van der Waals surface area contributed by atoms with Crippen LogP contribution in [0.3, 0.4) is 0 Å². The molecule has 31 heavy (non-hydrogen) atoms. The smallest absolute Gasteiger partial charge is 0.256 e. The number of rotatable bonds is 3. The highest BCUT2D eigenvalue weighted by Gasteiger charge is 2.29. The number of nitrogens with zero attached hydrogens (tertiary/aromatic N) is 7. The van der Waals surface area contributed by atoms with Gasteiger partial charge in [-0.3, -0.25) is 4.79 Å². The molecular formula is C23H27N7O. The third-order valence-corrected chi connectivity index (χ3v) is 6.32. The van der Waals surface area contributed by atoms with Gasteiger partial charge in [0.1, 0.15) is 0 Å². The van der Waals surface area contributed by atoms with Crippen LogP contribution in [0.4, 0.5) is 5.95 Å². The van der Waals surface area contributed by atoms with E-state index in [0.717, 1.165) is 50.3 Å². The van der Waals surface area contributed by atoms with E-state index in [2.05, 4.69) is 27.0 Å². The number of hydrogen-bond donors (Lipinski definition) is 0. The standard InChI is InChI=1S/C23H27N7O/c1-16-6-7-21(30-25-9-10-26-30)19(14-16)22(31)29-13-12-28(11-8-17(29)2)23-24-15-18-4-3-5-20(18)27-23/h6-7,9-10,14-15,17H,3-5,8,11-13H2,1-2H3/t17-/m0/s1. The van der Waals surface area contributed by atoms with Crippen LogP contribution in [-0.2, 0) is 12.8 Å². The first-order valence-corrected chi connectivity index (χ1v) is 11.0. The zero-order chi connectivity index (χ0) is 21.4. The molecule has 160 valence electrons. The second kappa shape index (κ2) is 8.09. The second-order valence-electron chi connectivity index (χ2n) is 8.46. The quantitative estimate of drug-likeness (QED) is 0.652. The normalized spacial score (nSPS) is 18.7. The molecule has 8 heteroatoms. The number of amides is 1. The molecule has 0 bridgehead atoms. The summed E-state index contributed by atoms with van der Waals surface area (Å²) in [4.78, 5) is 28.8. The summed E-state index contributed by atoms with van der Waals surface area (Å²) in [5.41, 5.74) is 4.84. The summed E-state index contributed by atoms with van der Waals surface area (Å²) in [6, 6.07) is 5.94. The topological polar surface area (TPSA) is 80.0 Å². The predicted octanol–water partition coefficient (Wildman–Crippen LogP) is 2.60. The van der Waals surface area contributed by atoms with E-state index in [0.29, 0.717) is 17.8 Å². The molecule has 3 aromatic rings. The summed E-state index contributed by atoms with van der Waals surface area (Å²) in [5.74, 6) is 0.805. The molecule has 0 saturated carbocycles.